The number of hydrogen-bond donors (Lipinski definition) is 0. The molecule has 4 heterocycles. The smallest absolute Gasteiger partial charge is 0.0640 e. The fourth-order valence-electron chi connectivity index (χ4n) is 8.82. The van der Waals surface area contributed by atoms with Gasteiger partial charge in [0.2, 0.25) is 0 Å². The summed E-state index contributed by atoms with van der Waals surface area (Å²) >= 11 is 1.89. The number of thiophene rings is 1. The Morgan fingerprint density at radius 2 is 0.712 bits per heavy atom. The molecule has 0 saturated heterocycles. The maximum Gasteiger partial charge on any atom is 0.0640 e. The van der Waals surface area contributed by atoms with Gasteiger partial charge in [0.05, 0.1) is 43.5 Å². The topological polar surface area (TPSA) is 14.8 Å². The van der Waals surface area contributed by atoms with Crippen LogP contribution < -0.4 is 0 Å². The quantitative estimate of drug-likeness (QED) is 0.177. The Bertz CT molecular complexity index is 3220. The van der Waals surface area contributed by atoms with E-state index in [0.29, 0.717) is 0 Å². The van der Waals surface area contributed by atoms with Gasteiger partial charge in [0, 0.05) is 59.2 Å². The highest BCUT2D eigenvalue weighted by Crippen LogP contribution is 2.45. The summed E-state index contributed by atoms with van der Waals surface area (Å²) in [6.45, 7) is 0. The summed E-state index contributed by atoms with van der Waals surface area (Å²) in [6.07, 6.45) is 0. The molecule has 242 valence electrons. The van der Waals surface area contributed by atoms with Gasteiger partial charge >= 0.3 is 0 Å². The molecule has 8 aromatic carbocycles. The third-order valence-corrected chi connectivity index (χ3v) is 12.2. The highest BCUT2D eigenvalue weighted by atomic mass is 32.1. The Balaban J connectivity index is 1.30. The minimum absolute atomic E-state index is 1.17. The minimum atomic E-state index is 1.17. The summed E-state index contributed by atoms with van der Waals surface area (Å²) in [5.41, 5.74) is 10.8. The van der Waals surface area contributed by atoms with Crippen LogP contribution in [0.2, 0.25) is 0 Å². The van der Waals surface area contributed by atoms with Crippen molar-refractivity contribution in [2.45, 2.75) is 0 Å². The minimum Gasteiger partial charge on any atom is -0.309 e. The van der Waals surface area contributed by atoms with Gasteiger partial charge in [0.15, 0.2) is 0 Å². The molecule has 0 aliphatic carbocycles. The molecule has 0 fully saturated rings. The van der Waals surface area contributed by atoms with Crippen LogP contribution in [0.1, 0.15) is 0 Å². The number of fused-ring (bicyclic) bond motifs is 12. The van der Waals surface area contributed by atoms with Gasteiger partial charge in [-0.3, -0.25) is 0 Å². The molecular weight excluding hydrogens is 651 g/mol. The third-order valence-electron chi connectivity index (χ3n) is 11.0. The molecule has 0 bridgehead atoms. The lowest BCUT2D eigenvalue weighted by Crippen LogP contribution is -1.95. The lowest BCUT2D eigenvalue weighted by atomic mass is 10.1. The average Bonchev–Trinajstić information content (AvgIpc) is 3.93. The van der Waals surface area contributed by atoms with Gasteiger partial charge < -0.3 is 13.7 Å². The van der Waals surface area contributed by atoms with E-state index in [2.05, 4.69) is 190 Å². The van der Waals surface area contributed by atoms with Crippen LogP contribution in [-0.4, -0.2) is 13.7 Å². The fourth-order valence-corrected chi connectivity index (χ4v) is 10.0. The van der Waals surface area contributed by atoms with Gasteiger partial charge in [0.1, 0.15) is 0 Å². The van der Waals surface area contributed by atoms with Crippen molar-refractivity contribution in [1.29, 1.82) is 0 Å². The summed E-state index contributed by atoms with van der Waals surface area (Å²) in [7, 11) is 0. The Labute approximate surface area is 302 Å². The van der Waals surface area contributed by atoms with Crippen LogP contribution in [-0.2, 0) is 0 Å². The van der Waals surface area contributed by atoms with Crippen molar-refractivity contribution in [3.8, 4) is 17.1 Å². The SMILES string of the molecule is c1ccc(-n2c3ccccc3c3cc4c(cc32)c2cc3c(cc2n4-c2cccc4c2sc2ccccc24)c2ccccc2n3-c2ccccc2)cc1. The van der Waals surface area contributed by atoms with E-state index in [1.54, 1.807) is 0 Å². The maximum atomic E-state index is 2.55. The molecule has 3 nitrogen and oxygen atoms in total. The van der Waals surface area contributed by atoms with Crippen LogP contribution in [0.15, 0.2) is 176 Å². The van der Waals surface area contributed by atoms with Crippen LogP contribution in [0.4, 0.5) is 0 Å². The Morgan fingerprint density at radius 3 is 1.27 bits per heavy atom. The van der Waals surface area contributed by atoms with Crippen molar-refractivity contribution >= 4 is 96.9 Å². The summed E-state index contributed by atoms with van der Waals surface area (Å²) < 4.78 is 10.0. The molecule has 0 spiro atoms. The first-order valence-corrected chi connectivity index (χ1v) is 18.6. The van der Waals surface area contributed by atoms with Crippen LogP contribution in [0.3, 0.4) is 0 Å². The van der Waals surface area contributed by atoms with Crippen molar-refractivity contribution in [2.24, 2.45) is 0 Å². The largest absolute Gasteiger partial charge is 0.309 e. The summed E-state index contributed by atoms with van der Waals surface area (Å²) in [5, 5.41) is 10.1. The molecule has 52 heavy (non-hydrogen) atoms. The second kappa shape index (κ2) is 10.5. The summed E-state index contributed by atoms with van der Waals surface area (Å²) in [6, 6.07) is 64.6. The number of rotatable bonds is 3. The molecule has 0 atom stereocenters. The average molecular weight is 680 g/mol. The molecule has 0 radical (unpaired) electrons. The predicted molar refractivity (Wildman–Crippen MR) is 222 cm³/mol. The van der Waals surface area contributed by atoms with E-state index >= 15 is 0 Å². The molecule has 12 rings (SSSR count). The molecule has 0 aliphatic heterocycles. The van der Waals surface area contributed by atoms with E-state index in [9.17, 15) is 0 Å². The zero-order valence-electron chi connectivity index (χ0n) is 28.0. The van der Waals surface area contributed by atoms with Gasteiger partial charge in [-0.05, 0) is 72.8 Å². The van der Waals surface area contributed by atoms with Crippen molar-refractivity contribution in [3.05, 3.63) is 176 Å². The lowest BCUT2D eigenvalue weighted by molar-refractivity contribution is 1.18. The molecule has 4 heteroatoms. The second-order valence-electron chi connectivity index (χ2n) is 13.7. The van der Waals surface area contributed by atoms with Crippen LogP contribution in [0.25, 0.3) is 103 Å². The van der Waals surface area contributed by atoms with Gasteiger partial charge in [-0.15, -0.1) is 11.3 Å². The zero-order valence-corrected chi connectivity index (χ0v) is 28.8. The van der Waals surface area contributed by atoms with Gasteiger partial charge in [-0.25, -0.2) is 0 Å². The number of hydrogen-bond acceptors (Lipinski definition) is 1. The van der Waals surface area contributed by atoms with Crippen LogP contribution in [0, 0.1) is 0 Å². The molecule has 12 aromatic rings. The standard InChI is InChI=1S/C48H29N3S/c1-3-14-30(15-4-1)49-40-22-10-7-18-32(40)36-26-45-38(28-43(36)49)39-29-44-37(33-19-8-11-23-41(33)50(44)31-16-5-2-6-17-31)27-46(39)51(45)42-24-13-21-35-34-20-9-12-25-47(34)52-48(35)42/h1-29H. The highest BCUT2D eigenvalue weighted by molar-refractivity contribution is 7.26. The van der Waals surface area contributed by atoms with Gasteiger partial charge in [-0.1, -0.05) is 103 Å². The van der Waals surface area contributed by atoms with E-state index in [-0.39, 0.29) is 0 Å². The Morgan fingerprint density at radius 1 is 0.288 bits per heavy atom. The first kappa shape index (κ1) is 28.1. The number of benzene rings is 8. The van der Waals surface area contributed by atoms with Crippen LogP contribution >= 0.6 is 11.3 Å². The van der Waals surface area contributed by atoms with Crippen molar-refractivity contribution < 1.29 is 0 Å². The lowest BCUT2D eigenvalue weighted by Gasteiger charge is -2.11. The van der Waals surface area contributed by atoms with Gasteiger partial charge in [-0.2, -0.15) is 0 Å². The van der Waals surface area contributed by atoms with E-state index < -0.39 is 0 Å². The molecule has 0 N–H and O–H groups in total. The molecule has 0 saturated carbocycles. The van der Waals surface area contributed by atoms with E-state index in [1.165, 1.54) is 103 Å². The van der Waals surface area contributed by atoms with E-state index in [4.69, 9.17) is 0 Å². The Kier molecular flexibility index (Phi) is 5.65. The van der Waals surface area contributed by atoms with Gasteiger partial charge in [0.25, 0.3) is 0 Å². The fraction of sp³-hybridized carbons (Fsp3) is 0. The maximum absolute atomic E-state index is 2.55. The van der Waals surface area contributed by atoms with Crippen molar-refractivity contribution in [2.75, 3.05) is 0 Å². The number of aromatic nitrogens is 3. The first-order valence-electron chi connectivity index (χ1n) is 17.8. The van der Waals surface area contributed by atoms with Crippen molar-refractivity contribution in [1.82, 2.24) is 13.7 Å². The second-order valence-corrected chi connectivity index (χ2v) is 14.8. The molecule has 0 amide bonds. The molecule has 0 aliphatic rings. The Hall–Kier alpha value is -6.62. The third kappa shape index (κ3) is 3.74. The summed E-state index contributed by atoms with van der Waals surface area (Å²) in [4.78, 5) is 0. The van der Waals surface area contributed by atoms with Crippen LogP contribution in [0.5, 0.6) is 0 Å². The van der Waals surface area contributed by atoms with E-state index in [1.807, 2.05) is 11.3 Å². The molecule has 4 aromatic heterocycles. The van der Waals surface area contributed by atoms with E-state index in [0.717, 1.165) is 0 Å². The summed E-state index contributed by atoms with van der Waals surface area (Å²) in [5.74, 6) is 0. The number of nitrogens with zero attached hydrogens (tertiary/aromatic N) is 3. The molecular formula is C48H29N3S. The molecule has 0 unspecified atom stereocenters. The highest BCUT2D eigenvalue weighted by Gasteiger charge is 2.22. The first-order chi connectivity index (χ1) is 25.8. The number of para-hydroxylation sites is 4. The zero-order chi connectivity index (χ0) is 33.9. The predicted octanol–water partition coefficient (Wildman–Crippen LogP) is 13.3. The van der Waals surface area contributed by atoms with Crippen molar-refractivity contribution in [3.63, 3.8) is 0 Å². The monoisotopic (exact) mass is 679 g/mol. The normalized spacial score (nSPS) is 12.2.